The Labute approximate surface area is 120 Å². The third kappa shape index (κ3) is 1.84. The molecule has 21 heavy (non-hydrogen) atoms. The highest BCUT2D eigenvalue weighted by molar-refractivity contribution is 6.00. The molecule has 3 rings (SSSR count). The number of nitriles is 1. The second kappa shape index (κ2) is 4.59. The number of likely N-dealkylation sites (N-methyl/N-ethyl adjacent to an activating group) is 1. The lowest BCUT2D eigenvalue weighted by molar-refractivity contribution is -0.149. The molecule has 2 heterocycles. The molecule has 2 amide bonds. The maximum atomic E-state index is 12.3. The molecule has 7 heteroatoms. The van der Waals surface area contributed by atoms with Gasteiger partial charge in [0, 0.05) is 13.5 Å². The SMILES string of the molecule is CN1C(=O)CCC(n2c(N)nc3c(C#N)cccc32)C1=O. The van der Waals surface area contributed by atoms with E-state index < -0.39 is 6.04 Å². The molecule has 1 atom stereocenters. The number of nitrogens with zero attached hydrogens (tertiary/aromatic N) is 4. The number of para-hydroxylation sites is 1. The lowest BCUT2D eigenvalue weighted by Gasteiger charge is -2.29. The van der Waals surface area contributed by atoms with Crippen LogP contribution < -0.4 is 5.73 Å². The summed E-state index contributed by atoms with van der Waals surface area (Å²) >= 11 is 0. The van der Waals surface area contributed by atoms with Gasteiger partial charge in [-0.2, -0.15) is 5.26 Å². The van der Waals surface area contributed by atoms with Crippen LogP contribution >= 0.6 is 0 Å². The first kappa shape index (κ1) is 13.1. The third-order valence-electron chi connectivity index (χ3n) is 3.80. The fourth-order valence-electron chi connectivity index (χ4n) is 2.69. The van der Waals surface area contributed by atoms with Crippen molar-refractivity contribution in [3.63, 3.8) is 0 Å². The van der Waals surface area contributed by atoms with Gasteiger partial charge in [0.2, 0.25) is 11.9 Å². The zero-order chi connectivity index (χ0) is 15.1. The first-order chi connectivity index (χ1) is 10.0. The van der Waals surface area contributed by atoms with Gasteiger partial charge in [-0.1, -0.05) is 6.07 Å². The number of carbonyl (C=O) groups excluding carboxylic acids is 2. The minimum Gasteiger partial charge on any atom is -0.369 e. The van der Waals surface area contributed by atoms with Crippen LogP contribution in [0, 0.1) is 11.3 Å². The number of piperidine rings is 1. The molecule has 2 aromatic rings. The van der Waals surface area contributed by atoms with E-state index in [4.69, 9.17) is 11.0 Å². The predicted molar refractivity (Wildman–Crippen MR) is 74.9 cm³/mol. The highest BCUT2D eigenvalue weighted by Crippen LogP contribution is 2.30. The summed E-state index contributed by atoms with van der Waals surface area (Å²) in [7, 11) is 1.47. The Bertz CT molecular complexity index is 802. The smallest absolute Gasteiger partial charge is 0.252 e. The number of anilines is 1. The molecule has 2 N–H and O–H groups in total. The summed E-state index contributed by atoms with van der Waals surface area (Å²) in [6.45, 7) is 0. The van der Waals surface area contributed by atoms with Crippen molar-refractivity contribution in [3.8, 4) is 6.07 Å². The first-order valence-electron chi connectivity index (χ1n) is 6.51. The van der Waals surface area contributed by atoms with Crippen molar-refractivity contribution in [2.24, 2.45) is 0 Å². The molecule has 106 valence electrons. The standard InChI is InChI=1S/C14H13N5O2/c1-18-11(20)6-5-10(13(18)21)19-9-4-2-3-8(7-15)12(9)17-14(19)16/h2-4,10H,5-6H2,1H3,(H2,16,17). The van der Waals surface area contributed by atoms with Crippen molar-refractivity contribution in [1.82, 2.24) is 14.5 Å². The van der Waals surface area contributed by atoms with Crippen molar-refractivity contribution in [2.45, 2.75) is 18.9 Å². The molecule has 7 nitrogen and oxygen atoms in total. The summed E-state index contributed by atoms with van der Waals surface area (Å²) < 4.78 is 1.61. The van der Waals surface area contributed by atoms with Gasteiger partial charge in [0.25, 0.3) is 5.91 Å². The van der Waals surface area contributed by atoms with Gasteiger partial charge in [-0.25, -0.2) is 4.98 Å². The molecule has 1 aliphatic rings. The molecule has 0 spiro atoms. The molecule has 1 saturated heterocycles. The Morgan fingerprint density at radius 3 is 2.90 bits per heavy atom. The van der Waals surface area contributed by atoms with E-state index >= 15 is 0 Å². The second-order valence-electron chi connectivity index (χ2n) is 4.97. The summed E-state index contributed by atoms with van der Waals surface area (Å²) in [5.74, 6) is -0.328. The van der Waals surface area contributed by atoms with Gasteiger partial charge in [0.05, 0.1) is 11.1 Å². The van der Waals surface area contributed by atoms with Crippen LogP contribution in [0.1, 0.15) is 24.4 Å². The van der Waals surface area contributed by atoms with E-state index in [9.17, 15) is 9.59 Å². The lowest BCUT2D eigenvalue weighted by Crippen LogP contribution is -2.43. The van der Waals surface area contributed by atoms with Gasteiger partial charge in [0.1, 0.15) is 17.6 Å². The monoisotopic (exact) mass is 283 g/mol. The normalized spacial score (nSPS) is 19.0. The van der Waals surface area contributed by atoms with Crippen LogP contribution in [-0.2, 0) is 9.59 Å². The van der Waals surface area contributed by atoms with Crippen molar-refractivity contribution in [2.75, 3.05) is 12.8 Å². The number of fused-ring (bicyclic) bond motifs is 1. The van der Waals surface area contributed by atoms with Crippen LogP contribution in [0.25, 0.3) is 11.0 Å². The van der Waals surface area contributed by atoms with Gasteiger partial charge in [-0.05, 0) is 18.6 Å². The number of imide groups is 1. The van der Waals surface area contributed by atoms with Crippen LogP contribution in [0.3, 0.4) is 0 Å². The highest BCUT2D eigenvalue weighted by atomic mass is 16.2. The number of carbonyl (C=O) groups is 2. The summed E-state index contributed by atoms with van der Waals surface area (Å²) in [5.41, 5.74) is 7.45. The quantitative estimate of drug-likeness (QED) is 0.780. The molecule has 0 radical (unpaired) electrons. The van der Waals surface area contributed by atoms with E-state index in [-0.39, 0.29) is 24.2 Å². The summed E-state index contributed by atoms with van der Waals surface area (Å²) in [5, 5.41) is 9.11. The fourth-order valence-corrected chi connectivity index (χ4v) is 2.69. The van der Waals surface area contributed by atoms with Crippen molar-refractivity contribution < 1.29 is 9.59 Å². The lowest BCUT2D eigenvalue weighted by atomic mass is 10.0. The van der Waals surface area contributed by atoms with Gasteiger partial charge < -0.3 is 5.73 Å². The molecule has 1 aromatic heterocycles. The number of rotatable bonds is 1. The summed E-state index contributed by atoms with van der Waals surface area (Å²) in [4.78, 5) is 29.2. The number of hydrogen-bond acceptors (Lipinski definition) is 5. The number of likely N-dealkylation sites (tertiary alicyclic amines) is 1. The maximum absolute atomic E-state index is 12.3. The molecular weight excluding hydrogens is 270 g/mol. The third-order valence-corrected chi connectivity index (χ3v) is 3.80. The van der Waals surface area contributed by atoms with Crippen LogP contribution in [0.4, 0.5) is 5.95 Å². The Kier molecular flexibility index (Phi) is 2.87. The topological polar surface area (TPSA) is 105 Å². The van der Waals surface area contributed by atoms with E-state index in [1.807, 2.05) is 0 Å². The van der Waals surface area contributed by atoms with Gasteiger partial charge in [-0.3, -0.25) is 19.1 Å². The number of amides is 2. The predicted octanol–water partition coefficient (Wildman–Crippen LogP) is 0.810. The van der Waals surface area contributed by atoms with E-state index in [0.717, 1.165) is 4.90 Å². The Hall–Kier alpha value is -2.88. The molecule has 0 aliphatic carbocycles. The molecule has 1 aromatic carbocycles. The minimum absolute atomic E-state index is 0.175. The molecule has 0 bridgehead atoms. The molecule has 1 aliphatic heterocycles. The second-order valence-corrected chi connectivity index (χ2v) is 4.97. The average molecular weight is 283 g/mol. The summed E-state index contributed by atoms with van der Waals surface area (Å²) in [6.07, 6.45) is 0.665. The fraction of sp³-hybridized carbons (Fsp3) is 0.286. The molecule has 1 fully saturated rings. The first-order valence-corrected chi connectivity index (χ1v) is 6.51. The van der Waals surface area contributed by atoms with E-state index in [0.29, 0.717) is 23.0 Å². The van der Waals surface area contributed by atoms with Crippen LogP contribution in [0.2, 0.25) is 0 Å². The Morgan fingerprint density at radius 2 is 2.19 bits per heavy atom. The van der Waals surface area contributed by atoms with Crippen LogP contribution in [0.15, 0.2) is 18.2 Å². The van der Waals surface area contributed by atoms with E-state index in [2.05, 4.69) is 11.1 Å². The zero-order valence-electron chi connectivity index (χ0n) is 11.4. The van der Waals surface area contributed by atoms with Crippen molar-refractivity contribution >= 4 is 28.8 Å². The Morgan fingerprint density at radius 1 is 1.43 bits per heavy atom. The largest absolute Gasteiger partial charge is 0.369 e. The summed E-state index contributed by atoms with van der Waals surface area (Å²) in [6, 6.07) is 6.64. The van der Waals surface area contributed by atoms with Gasteiger partial charge in [-0.15, -0.1) is 0 Å². The Balaban J connectivity index is 2.18. The number of nitrogen functional groups attached to an aromatic ring is 1. The number of benzene rings is 1. The van der Waals surface area contributed by atoms with Crippen LogP contribution in [-0.4, -0.2) is 33.3 Å². The number of aromatic nitrogens is 2. The molecule has 0 saturated carbocycles. The average Bonchev–Trinajstić information content (AvgIpc) is 2.81. The molecular formula is C14H13N5O2. The number of nitrogens with two attached hydrogens (primary N) is 1. The van der Waals surface area contributed by atoms with Gasteiger partial charge >= 0.3 is 0 Å². The number of imidazole rings is 1. The van der Waals surface area contributed by atoms with Crippen molar-refractivity contribution in [1.29, 1.82) is 5.26 Å². The minimum atomic E-state index is -0.563. The maximum Gasteiger partial charge on any atom is 0.252 e. The van der Waals surface area contributed by atoms with E-state index in [1.165, 1.54) is 7.05 Å². The zero-order valence-corrected chi connectivity index (χ0v) is 11.4. The molecule has 1 unspecified atom stereocenters. The van der Waals surface area contributed by atoms with E-state index in [1.54, 1.807) is 22.8 Å². The van der Waals surface area contributed by atoms with Crippen molar-refractivity contribution in [3.05, 3.63) is 23.8 Å². The van der Waals surface area contributed by atoms with Gasteiger partial charge in [0.15, 0.2) is 0 Å². The highest BCUT2D eigenvalue weighted by Gasteiger charge is 2.34. The number of hydrogen-bond donors (Lipinski definition) is 1. The van der Waals surface area contributed by atoms with Crippen LogP contribution in [0.5, 0.6) is 0 Å².